The van der Waals surface area contributed by atoms with E-state index in [1.54, 1.807) is 18.2 Å². The molecule has 0 fully saturated rings. The number of anilines is 1. The predicted molar refractivity (Wildman–Crippen MR) is 103 cm³/mol. The summed E-state index contributed by atoms with van der Waals surface area (Å²) in [5, 5.41) is 5.11. The van der Waals surface area contributed by atoms with Gasteiger partial charge in [0.1, 0.15) is 0 Å². The van der Waals surface area contributed by atoms with Crippen molar-refractivity contribution < 1.29 is 14.3 Å². The van der Waals surface area contributed by atoms with E-state index in [9.17, 15) is 4.79 Å². The van der Waals surface area contributed by atoms with E-state index in [0.29, 0.717) is 30.3 Å². The number of benzene rings is 3. The fraction of sp³-hybridized carbons (Fsp3) is 0.227. The van der Waals surface area contributed by atoms with Crippen LogP contribution in [0.1, 0.15) is 24.2 Å². The van der Waals surface area contributed by atoms with Crippen molar-refractivity contribution in [1.29, 1.82) is 0 Å². The Kier molecular flexibility index (Phi) is 4.03. The first-order valence-electron chi connectivity index (χ1n) is 8.71. The van der Waals surface area contributed by atoms with Gasteiger partial charge in [0.15, 0.2) is 11.5 Å². The Hall–Kier alpha value is -3.01. The van der Waals surface area contributed by atoms with E-state index in [2.05, 4.69) is 19.2 Å². The van der Waals surface area contributed by atoms with E-state index < -0.39 is 0 Å². The Bertz CT molecular complexity index is 973. The minimum atomic E-state index is -0.170. The maximum absolute atomic E-state index is 12.7. The second-order valence-electron chi connectivity index (χ2n) is 7.38. The number of carbonyl (C=O) groups excluding carboxylic acids is 1. The first-order chi connectivity index (χ1) is 12.5. The first kappa shape index (κ1) is 16.5. The molecule has 0 radical (unpaired) electrons. The van der Waals surface area contributed by atoms with Crippen molar-refractivity contribution in [2.24, 2.45) is 5.41 Å². The largest absolute Gasteiger partial charge is 0.489 e. The van der Waals surface area contributed by atoms with Crippen LogP contribution in [0.25, 0.3) is 10.8 Å². The summed E-state index contributed by atoms with van der Waals surface area (Å²) in [6, 6.07) is 19.2. The molecule has 0 spiro atoms. The molecule has 4 nitrogen and oxygen atoms in total. The lowest BCUT2D eigenvalue weighted by Gasteiger charge is -2.19. The highest BCUT2D eigenvalue weighted by Gasteiger charge is 2.25. The molecule has 0 unspecified atom stereocenters. The molecule has 1 N–H and O–H groups in total. The highest BCUT2D eigenvalue weighted by Crippen LogP contribution is 2.34. The van der Waals surface area contributed by atoms with Gasteiger partial charge in [-0.15, -0.1) is 0 Å². The van der Waals surface area contributed by atoms with Crippen molar-refractivity contribution >= 4 is 22.4 Å². The number of rotatable bonds is 2. The smallest absolute Gasteiger partial charge is 0.255 e. The van der Waals surface area contributed by atoms with Gasteiger partial charge in [-0.1, -0.05) is 50.2 Å². The summed E-state index contributed by atoms with van der Waals surface area (Å²) >= 11 is 0. The number of hydrogen-bond donors (Lipinski definition) is 1. The molecular formula is C22H21NO3. The zero-order valence-electron chi connectivity index (χ0n) is 14.9. The summed E-state index contributed by atoms with van der Waals surface area (Å²) in [5.41, 5.74) is 1.27. The van der Waals surface area contributed by atoms with Gasteiger partial charge >= 0.3 is 0 Å². The van der Waals surface area contributed by atoms with Crippen LogP contribution in [0.15, 0.2) is 60.7 Å². The molecule has 3 aromatic carbocycles. The van der Waals surface area contributed by atoms with Crippen molar-refractivity contribution in [3.63, 3.8) is 0 Å². The monoisotopic (exact) mass is 347 g/mol. The second-order valence-corrected chi connectivity index (χ2v) is 7.38. The molecule has 1 amide bonds. The third-order valence-corrected chi connectivity index (χ3v) is 4.48. The molecule has 4 heteroatoms. The average Bonchev–Trinajstić information content (AvgIpc) is 2.80. The lowest BCUT2D eigenvalue weighted by Crippen LogP contribution is -2.26. The Morgan fingerprint density at radius 2 is 1.65 bits per heavy atom. The molecule has 0 bridgehead atoms. The van der Waals surface area contributed by atoms with Crippen LogP contribution in [0.2, 0.25) is 0 Å². The quantitative estimate of drug-likeness (QED) is 0.718. The van der Waals surface area contributed by atoms with E-state index >= 15 is 0 Å². The Labute approximate surface area is 152 Å². The molecular weight excluding hydrogens is 326 g/mol. The summed E-state index contributed by atoms with van der Waals surface area (Å²) < 4.78 is 11.7. The molecule has 1 aliphatic heterocycles. The third-order valence-electron chi connectivity index (χ3n) is 4.48. The van der Waals surface area contributed by atoms with Gasteiger partial charge in [0.05, 0.1) is 13.2 Å². The fourth-order valence-electron chi connectivity index (χ4n) is 3.00. The Balaban J connectivity index is 1.60. The highest BCUT2D eigenvalue weighted by atomic mass is 16.5. The van der Waals surface area contributed by atoms with Gasteiger partial charge in [-0.25, -0.2) is 0 Å². The van der Waals surface area contributed by atoms with E-state index in [1.807, 2.05) is 42.5 Å². The van der Waals surface area contributed by atoms with Crippen LogP contribution < -0.4 is 14.8 Å². The van der Waals surface area contributed by atoms with E-state index in [1.165, 1.54) is 0 Å². The van der Waals surface area contributed by atoms with Crippen molar-refractivity contribution in [2.45, 2.75) is 13.8 Å². The highest BCUT2D eigenvalue weighted by molar-refractivity contribution is 6.09. The van der Waals surface area contributed by atoms with Crippen LogP contribution in [0.5, 0.6) is 11.5 Å². The fourth-order valence-corrected chi connectivity index (χ4v) is 3.00. The zero-order valence-corrected chi connectivity index (χ0v) is 14.9. The summed E-state index contributed by atoms with van der Waals surface area (Å²) in [7, 11) is 0. The van der Waals surface area contributed by atoms with Crippen molar-refractivity contribution in [1.82, 2.24) is 0 Å². The van der Waals surface area contributed by atoms with Crippen LogP contribution in [0.4, 0.5) is 5.69 Å². The van der Waals surface area contributed by atoms with Gasteiger partial charge < -0.3 is 14.8 Å². The van der Waals surface area contributed by atoms with Gasteiger partial charge in [-0.2, -0.15) is 0 Å². The molecule has 0 saturated carbocycles. The minimum absolute atomic E-state index is 0.0651. The van der Waals surface area contributed by atoms with E-state index in [0.717, 1.165) is 16.5 Å². The van der Waals surface area contributed by atoms with Crippen molar-refractivity contribution in [2.75, 3.05) is 18.5 Å². The topological polar surface area (TPSA) is 47.6 Å². The SMILES string of the molecule is CC1(C)COc2ccc(C(=O)Nc3cccc4ccccc34)cc2OC1. The summed E-state index contributed by atoms with van der Waals surface area (Å²) in [6.07, 6.45) is 0. The molecule has 1 aliphatic rings. The Morgan fingerprint density at radius 3 is 2.50 bits per heavy atom. The number of nitrogens with one attached hydrogen (secondary N) is 1. The number of ether oxygens (including phenoxy) is 2. The normalized spacial score (nSPS) is 15.3. The van der Waals surface area contributed by atoms with Crippen LogP contribution in [0.3, 0.4) is 0 Å². The van der Waals surface area contributed by atoms with Crippen LogP contribution in [0, 0.1) is 5.41 Å². The van der Waals surface area contributed by atoms with Gasteiger partial charge in [-0.3, -0.25) is 4.79 Å². The third kappa shape index (κ3) is 3.23. The van der Waals surface area contributed by atoms with Gasteiger partial charge in [0.2, 0.25) is 0 Å². The van der Waals surface area contributed by atoms with Gasteiger partial charge in [0.25, 0.3) is 5.91 Å². The standard InChI is InChI=1S/C22H21NO3/c1-22(2)13-25-19-11-10-16(12-20(19)26-14-22)21(24)23-18-9-5-7-15-6-3-4-8-17(15)18/h3-12H,13-14H2,1-2H3,(H,23,24). The molecule has 1 heterocycles. The number of carbonyl (C=O) groups is 1. The van der Waals surface area contributed by atoms with Crippen molar-refractivity contribution in [3.8, 4) is 11.5 Å². The van der Waals surface area contributed by atoms with Crippen LogP contribution in [-0.2, 0) is 0 Å². The van der Waals surface area contributed by atoms with Crippen molar-refractivity contribution in [3.05, 3.63) is 66.2 Å². The average molecular weight is 347 g/mol. The van der Waals surface area contributed by atoms with E-state index in [4.69, 9.17) is 9.47 Å². The van der Waals surface area contributed by atoms with Crippen LogP contribution in [-0.4, -0.2) is 19.1 Å². The predicted octanol–water partition coefficient (Wildman–Crippen LogP) is 4.89. The maximum atomic E-state index is 12.7. The lowest BCUT2D eigenvalue weighted by atomic mass is 9.97. The minimum Gasteiger partial charge on any atom is -0.489 e. The number of fused-ring (bicyclic) bond motifs is 2. The molecule has 0 atom stereocenters. The van der Waals surface area contributed by atoms with Gasteiger partial charge in [-0.05, 0) is 29.7 Å². The lowest BCUT2D eigenvalue weighted by molar-refractivity contribution is 0.102. The molecule has 0 aliphatic carbocycles. The molecule has 0 aromatic heterocycles. The summed E-state index contributed by atoms with van der Waals surface area (Å²) in [4.78, 5) is 12.7. The molecule has 4 rings (SSSR count). The molecule has 0 saturated heterocycles. The molecule has 26 heavy (non-hydrogen) atoms. The number of amides is 1. The number of hydrogen-bond acceptors (Lipinski definition) is 3. The van der Waals surface area contributed by atoms with Gasteiger partial charge in [0, 0.05) is 22.1 Å². The summed E-state index contributed by atoms with van der Waals surface area (Å²) in [5.74, 6) is 1.12. The zero-order chi connectivity index (χ0) is 18.1. The molecule has 3 aromatic rings. The summed E-state index contributed by atoms with van der Waals surface area (Å²) in [6.45, 7) is 5.32. The van der Waals surface area contributed by atoms with Crippen LogP contribution >= 0.6 is 0 Å². The maximum Gasteiger partial charge on any atom is 0.255 e. The second kappa shape index (κ2) is 6.37. The first-order valence-corrected chi connectivity index (χ1v) is 8.71. The van der Waals surface area contributed by atoms with E-state index in [-0.39, 0.29) is 11.3 Å². The molecule has 132 valence electrons. The Morgan fingerprint density at radius 1 is 0.923 bits per heavy atom.